The normalized spacial score (nSPS) is 11.0. The largest absolute Gasteiger partial charge is 0.347 e. The molecule has 0 radical (unpaired) electrons. The van der Waals surface area contributed by atoms with E-state index in [9.17, 15) is 0 Å². The van der Waals surface area contributed by atoms with E-state index in [4.69, 9.17) is 0 Å². The molecule has 0 N–H and O–H groups in total. The molecule has 0 saturated carbocycles. The van der Waals surface area contributed by atoms with E-state index in [2.05, 4.69) is 26.9 Å². The van der Waals surface area contributed by atoms with Crippen LogP contribution in [-0.2, 0) is 13.1 Å². The molecule has 6 heteroatoms. The molecule has 0 aliphatic rings. The topological polar surface area (TPSA) is 45.2 Å². The van der Waals surface area contributed by atoms with Crippen LogP contribution in [-0.4, -0.2) is 41.0 Å². The Kier molecular flexibility index (Phi) is 4.44. The van der Waals surface area contributed by atoms with Crippen molar-refractivity contribution in [2.75, 3.05) is 26.0 Å². The molecule has 2 rings (SSSR count). The third kappa shape index (κ3) is 3.97. The van der Waals surface area contributed by atoms with Gasteiger partial charge in [0.2, 0.25) is 5.95 Å². The van der Waals surface area contributed by atoms with Gasteiger partial charge in [0.05, 0.1) is 10.7 Å². The van der Waals surface area contributed by atoms with Gasteiger partial charge in [0.15, 0.2) is 0 Å². The van der Waals surface area contributed by atoms with Crippen molar-refractivity contribution in [3.63, 3.8) is 0 Å². The highest BCUT2D eigenvalue weighted by Crippen LogP contribution is 2.14. The fraction of sp³-hybridized carbons (Fsp3) is 0.462. The molecule has 0 atom stereocenters. The van der Waals surface area contributed by atoms with Gasteiger partial charge in [0, 0.05) is 44.5 Å². The summed E-state index contributed by atoms with van der Waals surface area (Å²) in [5, 5.41) is 1.11. The molecule has 0 saturated heterocycles. The van der Waals surface area contributed by atoms with E-state index in [1.165, 1.54) is 4.88 Å². The van der Waals surface area contributed by atoms with Gasteiger partial charge < -0.3 is 4.90 Å². The maximum absolute atomic E-state index is 4.52. The summed E-state index contributed by atoms with van der Waals surface area (Å²) in [6, 6.07) is 1.96. The molecule has 0 bridgehead atoms. The lowest BCUT2D eigenvalue weighted by Crippen LogP contribution is -2.19. The fourth-order valence-electron chi connectivity index (χ4n) is 1.76. The molecule has 2 heterocycles. The molecule has 5 nitrogen and oxygen atoms in total. The van der Waals surface area contributed by atoms with Gasteiger partial charge in [0.1, 0.15) is 0 Å². The van der Waals surface area contributed by atoms with Gasteiger partial charge in [-0.1, -0.05) is 0 Å². The van der Waals surface area contributed by atoms with Crippen molar-refractivity contribution in [2.24, 2.45) is 0 Å². The minimum Gasteiger partial charge on any atom is -0.347 e. The highest BCUT2D eigenvalue weighted by atomic mass is 32.1. The number of hydrogen-bond acceptors (Lipinski definition) is 6. The van der Waals surface area contributed by atoms with Gasteiger partial charge in [-0.3, -0.25) is 4.90 Å². The lowest BCUT2D eigenvalue weighted by Gasteiger charge is -2.16. The quantitative estimate of drug-likeness (QED) is 0.835. The third-order valence-corrected chi connectivity index (χ3v) is 3.52. The van der Waals surface area contributed by atoms with Crippen LogP contribution in [0.4, 0.5) is 5.95 Å². The summed E-state index contributed by atoms with van der Waals surface area (Å²) in [5.41, 5.74) is 1.03. The van der Waals surface area contributed by atoms with Crippen molar-refractivity contribution < 1.29 is 0 Å². The van der Waals surface area contributed by atoms with Crippen LogP contribution >= 0.6 is 11.3 Å². The Bertz CT molecular complexity index is 537. The van der Waals surface area contributed by atoms with Gasteiger partial charge in [-0.15, -0.1) is 11.3 Å². The monoisotopic (exact) mass is 277 g/mol. The van der Waals surface area contributed by atoms with Crippen LogP contribution in [0.15, 0.2) is 18.5 Å². The Labute approximate surface area is 117 Å². The maximum Gasteiger partial charge on any atom is 0.225 e. The molecule has 0 spiro atoms. The van der Waals surface area contributed by atoms with Crippen LogP contribution in [0.25, 0.3) is 0 Å². The Morgan fingerprint density at radius 1 is 1.16 bits per heavy atom. The Morgan fingerprint density at radius 2 is 1.95 bits per heavy atom. The summed E-state index contributed by atoms with van der Waals surface area (Å²) in [6.07, 6.45) is 3.75. The first kappa shape index (κ1) is 13.9. The molecular weight excluding hydrogens is 258 g/mol. The SMILES string of the molecule is Cc1ncc(CN(C)Cc2ccnc(N(C)C)n2)s1. The van der Waals surface area contributed by atoms with Gasteiger partial charge in [-0.2, -0.15) is 0 Å². The first-order valence-electron chi connectivity index (χ1n) is 6.13. The molecule has 0 aliphatic carbocycles. The Hall–Kier alpha value is -1.53. The zero-order valence-electron chi connectivity index (χ0n) is 11.8. The first-order chi connectivity index (χ1) is 9.04. The van der Waals surface area contributed by atoms with Crippen LogP contribution in [0.2, 0.25) is 0 Å². The molecule has 19 heavy (non-hydrogen) atoms. The van der Waals surface area contributed by atoms with Crippen molar-refractivity contribution in [3.05, 3.63) is 34.0 Å². The average Bonchev–Trinajstić information content (AvgIpc) is 2.74. The lowest BCUT2D eigenvalue weighted by molar-refractivity contribution is 0.317. The van der Waals surface area contributed by atoms with Crippen LogP contribution in [0.5, 0.6) is 0 Å². The van der Waals surface area contributed by atoms with Crippen LogP contribution in [0.1, 0.15) is 15.6 Å². The molecule has 0 amide bonds. The van der Waals surface area contributed by atoms with E-state index in [0.717, 1.165) is 29.7 Å². The highest BCUT2D eigenvalue weighted by Gasteiger charge is 2.07. The molecule has 0 unspecified atom stereocenters. The van der Waals surface area contributed by atoms with Crippen LogP contribution < -0.4 is 4.90 Å². The zero-order valence-corrected chi connectivity index (χ0v) is 12.6. The number of aryl methyl sites for hydroxylation is 1. The summed E-state index contributed by atoms with van der Waals surface area (Å²) in [5.74, 6) is 0.750. The van der Waals surface area contributed by atoms with Crippen LogP contribution in [0, 0.1) is 6.92 Å². The van der Waals surface area contributed by atoms with Crippen molar-refractivity contribution in [3.8, 4) is 0 Å². The standard InChI is InChI=1S/C13H19N5S/c1-10-15-7-12(19-10)9-18(4)8-11-5-6-14-13(16-11)17(2)3/h5-7H,8-9H2,1-4H3. The average molecular weight is 277 g/mol. The Balaban J connectivity index is 1.98. The number of aromatic nitrogens is 3. The molecule has 2 aromatic rings. The van der Waals surface area contributed by atoms with Gasteiger partial charge >= 0.3 is 0 Å². The third-order valence-electron chi connectivity index (χ3n) is 2.63. The van der Waals surface area contributed by atoms with Crippen molar-refractivity contribution in [1.29, 1.82) is 0 Å². The maximum atomic E-state index is 4.52. The minimum atomic E-state index is 0.750. The number of hydrogen-bond donors (Lipinski definition) is 0. The molecule has 0 aliphatic heterocycles. The van der Waals surface area contributed by atoms with E-state index in [1.54, 1.807) is 11.3 Å². The van der Waals surface area contributed by atoms with E-state index < -0.39 is 0 Å². The molecule has 2 aromatic heterocycles. The minimum absolute atomic E-state index is 0.750. The second-order valence-electron chi connectivity index (χ2n) is 4.76. The molecular formula is C13H19N5S. The lowest BCUT2D eigenvalue weighted by atomic mass is 10.3. The summed E-state index contributed by atoms with van der Waals surface area (Å²) in [6.45, 7) is 3.73. The number of nitrogens with zero attached hydrogens (tertiary/aromatic N) is 5. The number of thiazole rings is 1. The summed E-state index contributed by atoms with van der Waals surface area (Å²) in [4.78, 5) is 18.4. The second-order valence-corrected chi connectivity index (χ2v) is 6.08. The molecule has 0 aromatic carbocycles. The van der Waals surface area contributed by atoms with Gasteiger partial charge in [-0.05, 0) is 20.0 Å². The zero-order chi connectivity index (χ0) is 13.8. The van der Waals surface area contributed by atoms with Crippen molar-refractivity contribution >= 4 is 17.3 Å². The van der Waals surface area contributed by atoms with E-state index in [0.29, 0.717) is 0 Å². The van der Waals surface area contributed by atoms with E-state index in [-0.39, 0.29) is 0 Å². The van der Waals surface area contributed by atoms with E-state index >= 15 is 0 Å². The predicted molar refractivity (Wildman–Crippen MR) is 78.4 cm³/mol. The molecule has 102 valence electrons. The van der Waals surface area contributed by atoms with E-state index in [1.807, 2.05) is 44.4 Å². The summed E-state index contributed by atoms with van der Waals surface area (Å²) >= 11 is 1.74. The summed E-state index contributed by atoms with van der Waals surface area (Å²) in [7, 11) is 5.98. The van der Waals surface area contributed by atoms with Crippen LogP contribution in [0.3, 0.4) is 0 Å². The number of rotatable bonds is 5. The van der Waals surface area contributed by atoms with Gasteiger partial charge in [-0.25, -0.2) is 15.0 Å². The molecule has 0 fully saturated rings. The smallest absolute Gasteiger partial charge is 0.225 e. The van der Waals surface area contributed by atoms with Gasteiger partial charge in [0.25, 0.3) is 0 Å². The fourth-order valence-corrected chi connectivity index (χ4v) is 2.64. The van der Waals surface area contributed by atoms with Crippen molar-refractivity contribution in [1.82, 2.24) is 19.9 Å². The highest BCUT2D eigenvalue weighted by molar-refractivity contribution is 7.11. The first-order valence-corrected chi connectivity index (χ1v) is 6.95. The second kappa shape index (κ2) is 6.08. The Morgan fingerprint density at radius 3 is 2.58 bits per heavy atom. The number of anilines is 1. The van der Waals surface area contributed by atoms with Crippen molar-refractivity contribution in [2.45, 2.75) is 20.0 Å². The summed E-state index contributed by atoms with van der Waals surface area (Å²) < 4.78 is 0. The predicted octanol–water partition coefficient (Wildman–Crippen LogP) is 1.94.